The average molecular weight is 364 g/mol. The summed E-state index contributed by atoms with van der Waals surface area (Å²) in [6.07, 6.45) is 7.89. The lowest BCUT2D eigenvalue weighted by molar-refractivity contribution is 0.160. The molecule has 1 unspecified atom stereocenters. The Hall–Kier alpha value is -2.37. The lowest BCUT2D eigenvalue weighted by Crippen LogP contribution is -2.39. The maximum Gasteiger partial charge on any atom is 0.118 e. The minimum atomic E-state index is 0.387. The highest BCUT2D eigenvalue weighted by atomic mass is 16.5. The standard InChI is InChI=1S/C22H28N4O/c1-27-20-10-8-18(9-11-20)22(25-12-4-2-5-13-25)17-23-15-19-16-24-26-14-6-3-7-21(19)26/h3,6-11,14,16,22-23H,2,4-5,12-13,15,17H2,1H3. The fraction of sp³-hybridized carbons (Fsp3) is 0.409. The van der Waals surface area contributed by atoms with Crippen molar-refractivity contribution in [1.82, 2.24) is 19.8 Å². The van der Waals surface area contributed by atoms with Gasteiger partial charge in [-0.15, -0.1) is 0 Å². The second kappa shape index (κ2) is 8.55. The van der Waals surface area contributed by atoms with Gasteiger partial charge in [0.2, 0.25) is 0 Å². The van der Waals surface area contributed by atoms with Crippen LogP contribution < -0.4 is 10.1 Å². The van der Waals surface area contributed by atoms with Gasteiger partial charge in [0, 0.05) is 30.9 Å². The van der Waals surface area contributed by atoms with E-state index in [0.29, 0.717) is 6.04 Å². The summed E-state index contributed by atoms with van der Waals surface area (Å²) < 4.78 is 7.26. The van der Waals surface area contributed by atoms with Crippen molar-refractivity contribution in [2.45, 2.75) is 31.8 Å². The molecule has 1 saturated heterocycles. The number of methoxy groups -OCH3 is 1. The summed E-state index contributed by atoms with van der Waals surface area (Å²) in [5.41, 5.74) is 3.76. The van der Waals surface area contributed by atoms with Gasteiger partial charge in [-0.05, 0) is 55.8 Å². The highest BCUT2D eigenvalue weighted by molar-refractivity contribution is 5.53. The van der Waals surface area contributed by atoms with Crippen molar-refractivity contribution in [3.63, 3.8) is 0 Å². The molecule has 142 valence electrons. The summed E-state index contributed by atoms with van der Waals surface area (Å²) in [6.45, 7) is 4.11. The van der Waals surface area contributed by atoms with Gasteiger partial charge in [0.1, 0.15) is 5.75 Å². The fourth-order valence-corrected chi connectivity index (χ4v) is 3.98. The summed E-state index contributed by atoms with van der Waals surface area (Å²) in [5.74, 6) is 0.912. The molecule has 3 heterocycles. The number of benzene rings is 1. The first kappa shape index (κ1) is 18.0. The molecule has 1 fully saturated rings. The molecule has 0 saturated carbocycles. The van der Waals surface area contributed by atoms with Crippen LogP contribution in [-0.2, 0) is 6.54 Å². The number of likely N-dealkylation sites (tertiary alicyclic amines) is 1. The van der Waals surface area contributed by atoms with Crippen molar-refractivity contribution in [3.05, 3.63) is 66.0 Å². The van der Waals surface area contributed by atoms with Crippen LogP contribution in [0.15, 0.2) is 54.9 Å². The second-order valence-corrected chi connectivity index (χ2v) is 7.22. The van der Waals surface area contributed by atoms with Crippen LogP contribution in [0, 0.1) is 0 Å². The fourth-order valence-electron chi connectivity index (χ4n) is 3.98. The van der Waals surface area contributed by atoms with Gasteiger partial charge < -0.3 is 10.1 Å². The number of ether oxygens (including phenoxy) is 1. The predicted octanol–water partition coefficient (Wildman–Crippen LogP) is 3.66. The molecular weight excluding hydrogens is 336 g/mol. The highest BCUT2D eigenvalue weighted by Gasteiger charge is 2.22. The Labute approximate surface area is 160 Å². The Morgan fingerprint density at radius 2 is 1.89 bits per heavy atom. The molecule has 1 N–H and O–H groups in total. The van der Waals surface area contributed by atoms with Gasteiger partial charge in [0.05, 0.1) is 18.8 Å². The van der Waals surface area contributed by atoms with Gasteiger partial charge in [-0.25, -0.2) is 4.52 Å². The maximum atomic E-state index is 5.33. The van der Waals surface area contributed by atoms with E-state index in [0.717, 1.165) is 18.8 Å². The number of aromatic nitrogens is 2. The van der Waals surface area contributed by atoms with Crippen LogP contribution in [0.1, 0.15) is 36.4 Å². The molecule has 1 aliphatic heterocycles. The number of hydrogen-bond acceptors (Lipinski definition) is 4. The smallest absolute Gasteiger partial charge is 0.118 e. The quantitative estimate of drug-likeness (QED) is 0.695. The van der Waals surface area contributed by atoms with Gasteiger partial charge in [0.15, 0.2) is 0 Å². The van der Waals surface area contributed by atoms with Crippen LogP contribution in [0.5, 0.6) is 5.75 Å². The van der Waals surface area contributed by atoms with Gasteiger partial charge >= 0.3 is 0 Å². The van der Waals surface area contributed by atoms with Crippen LogP contribution in [0.3, 0.4) is 0 Å². The number of nitrogens with one attached hydrogen (secondary N) is 1. The molecule has 0 radical (unpaired) electrons. The molecule has 1 atom stereocenters. The van der Waals surface area contributed by atoms with Crippen LogP contribution in [-0.4, -0.2) is 41.3 Å². The van der Waals surface area contributed by atoms with Gasteiger partial charge in [-0.3, -0.25) is 4.90 Å². The van der Waals surface area contributed by atoms with E-state index in [1.54, 1.807) is 7.11 Å². The molecule has 2 aromatic heterocycles. The molecular formula is C22H28N4O. The highest BCUT2D eigenvalue weighted by Crippen LogP contribution is 2.26. The monoisotopic (exact) mass is 364 g/mol. The molecule has 4 rings (SSSR count). The lowest BCUT2D eigenvalue weighted by atomic mass is 10.0. The van der Waals surface area contributed by atoms with Crippen molar-refractivity contribution in [2.24, 2.45) is 0 Å². The molecule has 1 aliphatic rings. The predicted molar refractivity (Wildman–Crippen MR) is 108 cm³/mol. The van der Waals surface area contributed by atoms with Crippen molar-refractivity contribution in [3.8, 4) is 5.75 Å². The van der Waals surface area contributed by atoms with E-state index in [-0.39, 0.29) is 0 Å². The zero-order chi connectivity index (χ0) is 18.5. The van der Waals surface area contributed by atoms with Gasteiger partial charge in [-0.2, -0.15) is 5.10 Å². The summed E-state index contributed by atoms with van der Waals surface area (Å²) >= 11 is 0. The van der Waals surface area contributed by atoms with E-state index in [1.165, 1.54) is 49.0 Å². The van der Waals surface area contributed by atoms with Crippen molar-refractivity contribution in [2.75, 3.05) is 26.7 Å². The SMILES string of the molecule is COc1ccc(C(CNCc2cnn3ccccc23)N2CCCCC2)cc1. The summed E-state index contributed by atoms with van der Waals surface area (Å²) in [6, 6.07) is 15.1. The average Bonchev–Trinajstić information content (AvgIpc) is 3.15. The van der Waals surface area contributed by atoms with Crippen LogP contribution >= 0.6 is 0 Å². The third kappa shape index (κ3) is 4.15. The normalized spacial score (nSPS) is 16.5. The molecule has 27 heavy (non-hydrogen) atoms. The number of rotatable bonds is 7. The van der Waals surface area contributed by atoms with Crippen LogP contribution in [0.4, 0.5) is 0 Å². The molecule has 5 nitrogen and oxygen atoms in total. The minimum absolute atomic E-state index is 0.387. The molecule has 3 aromatic rings. The largest absolute Gasteiger partial charge is 0.497 e. The Bertz CT molecular complexity index is 852. The maximum absolute atomic E-state index is 5.33. The Balaban J connectivity index is 1.46. The minimum Gasteiger partial charge on any atom is -0.497 e. The van der Waals surface area contributed by atoms with E-state index in [4.69, 9.17) is 4.74 Å². The van der Waals surface area contributed by atoms with Crippen molar-refractivity contribution in [1.29, 1.82) is 0 Å². The molecule has 0 amide bonds. The first-order chi connectivity index (χ1) is 13.3. The summed E-state index contributed by atoms with van der Waals surface area (Å²) in [5, 5.41) is 8.11. The van der Waals surface area contributed by atoms with E-state index in [9.17, 15) is 0 Å². The number of hydrogen-bond donors (Lipinski definition) is 1. The first-order valence-electron chi connectivity index (χ1n) is 9.85. The zero-order valence-electron chi connectivity index (χ0n) is 16.0. The Kier molecular flexibility index (Phi) is 5.70. The van der Waals surface area contributed by atoms with E-state index in [1.807, 2.05) is 23.0 Å². The molecule has 0 aliphatic carbocycles. The van der Waals surface area contributed by atoms with Gasteiger partial charge in [0.25, 0.3) is 0 Å². The van der Waals surface area contributed by atoms with Gasteiger partial charge in [-0.1, -0.05) is 24.6 Å². The first-order valence-corrected chi connectivity index (χ1v) is 9.85. The number of nitrogens with zero attached hydrogens (tertiary/aromatic N) is 3. The van der Waals surface area contributed by atoms with Crippen molar-refractivity contribution < 1.29 is 4.74 Å². The van der Waals surface area contributed by atoms with E-state index in [2.05, 4.69) is 51.7 Å². The number of fused-ring (bicyclic) bond motifs is 1. The Morgan fingerprint density at radius 1 is 1.07 bits per heavy atom. The van der Waals surface area contributed by atoms with Crippen LogP contribution in [0.2, 0.25) is 0 Å². The topological polar surface area (TPSA) is 41.8 Å². The molecule has 5 heteroatoms. The molecule has 0 spiro atoms. The zero-order valence-corrected chi connectivity index (χ0v) is 16.0. The lowest BCUT2D eigenvalue weighted by Gasteiger charge is -2.35. The number of piperidine rings is 1. The second-order valence-electron chi connectivity index (χ2n) is 7.22. The molecule has 1 aromatic carbocycles. The third-order valence-corrected chi connectivity index (χ3v) is 5.49. The Morgan fingerprint density at radius 3 is 2.67 bits per heavy atom. The molecule has 0 bridgehead atoms. The van der Waals surface area contributed by atoms with Crippen LogP contribution in [0.25, 0.3) is 5.52 Å². The summed E-state index contributed by atoms with van der Waals surface area (Å²) in [7, 11) is 1.72. The van der Waals surface area contributed by atoms with E-state index < -0.39 is 0 Å². The third-order valence-electron chi connectivity index (χ3n) is 5.49. The number of pyridine rings is 1. The van der Waals surface area contributed by atoms with E-state index >= 15 is 0 Å². The van der Waals surface area contributed by atoms with Crippen molar-refractivity contribution >= 4 is 5.52 Å². The summed E-state index contributed by atoms with van der Waals surface area (Å²) in [4.78, 5) is 2.62.